The maximum absolute atomic E-state index is 11.5. The molecule has 0 spiro atoms. The number of nitrogens with zero attached hydrogens (tertiary/aromatic N) is 3. The standard InChI is InChI=1S/C13H20N4O/c1-11(12-2-4-15-5-3-12)16-6-8-17(9-7-16)13(18)10-14/h2-5,11H,6-10,14H2,1H3. The first kappa shape index (κ1) is 13.0. The minimum absolute atomic E-state index is 0.0474. The summed E-state index contributed by atoms with van der Waals surface area (Å²) in [4.78, 5) is 19.7. The third kappa shape index (κ3) is 2.86. The predicted molar refractivity (Wildman–Crippen MR) is 69.9 cm³/mol. The quantitative estimate of drug-likeness (QED) is 0.832. The Morgan fingerprint density at radius 1 is 1.33 bits per heavy atom. The molecular formula is C13H20N4O. The Labute approximate surface area is 108 Å². The van der Waals surface area contributed by atoms with Crippen molar-refractivity contribution >= 4 is 5.91 Å². The molecule has 18 heavy (non-hydrogen) atoms. The molecule has 1 aromatic heterocycles. The first-order valence-electron chi connectivity index (χ1n) is 6.34. The van der Waals surface area contributed by atoms with E-state index in [0.717, 1.165) is 26.2 Å². The van der Waals surface area contributed by atoms with Crippen molar-refractivity contribution in [2.24, 2.45) is 5.73 Å². The van der Waals surface area contributed by atoms with Crippen LogP contribution in [-0.4, -0.2) is 53.4 Å². The molecule has 0 saturated carbocycles. The van der Waals surface area contributed by atoms with Crippen LogP contribution in [0.15, 0.2) is 24.5 Å². The molecular weight excluding hydrogens is 228 g/mol. The minimum atomic E-state index is 0.0474. The fourth-order valence-electron chi connectivity index (χ4n) is 2.34. The van der Waals surface area contributed by atoms with Crippen LogP contribution in [0.4, 0.5) is 0 Å². The van der Waals surface area contributed by atoms with Crippen molar-refractivity contribution in [2.45, 2.75) is 13.0 Å². The zero-order valence-corrected chi connectivity index (χ0v) is 10.7. The number of carbonyl (C=O) groups excluding carboxylic acids is 1. The van der Waals surface area contributed by atoms with Gasteiger partial charge in [0.15, 0.2) is 0 Å². The van der Waals surface area contributed by atoms with E-state index in [2.05, 4.69) is 16.8 Å². The highest BCUT2D eigenvalue weighted by Crippen LogP contribution is 2.20. The van der Waals surface area contributed by atoms with Crippen molar-refractivity contribution in [3.05, 3.63) is 30.1 Å². The summed E-state index contributed by atoms with van der Waals surface area (Å²) in [5, 5.41) is 0. The van der Waals surface area contributed by atoms with Crippen LogP contribution in [0.5, 0.6) is 0 Å². The molecule has 2 heterocycles. The van der Waals surface area contributed by atoms with Gasteiger partial charge < -0.3 is 10.6 Å². The van der Waals surface area contributed by atoms with Crippen LogP contribution in [0, 0.1) is 0 Å². The van der Waals surface area contributed by atoms with Gasteiger partial charge in [0, 0.05) is 44.6 Å². The lowest BCUT2D eigenvalue weighted by Gasteiger charge is -2.38. The number of piperazine rings is 1. The van der Waals surface area contributed by atoms with Gasteiger partial charge in [-0.1, -0.05) is 0 Å². The van der Waals surface area contributed by atoms with Crippen LogP contribution < -0.4 is 5.73 Å². The molecule has 5 nitrogen and oxygen atoms in total. The van der Waals surface area contributed by atoms with Crippen molar-refractivity contribution < 1.29 is 4.79 Å². The predicted octanol–water partition coefficient (Wildman–Crippen LogP) is 0.246. The van der Waals surface area contributed by atoms with E-state index < -0.39 is 0 Å². The van der Waals surface area contributed by atoms with Gasteiger partial charge in [-0.25, -0.2) is 0 Å². The normalized spacial score (nSPS) is 18.7. The second kappa shape index (κ2) is 5.93. The van der Waals surface area contributed by atoms with Gasteiger partial charge in [-0.2, -0.15) is 0 Å². The lowest BCUT2D eigenvalue weighted by Crippen LogP contribution is -2.50. The second-order valence-electron chi connectivity index (χ2n) is 4.58. The van der Waals surface area contributed by atoms with Crippen molar-refractivity contribution in [3.63, 3.8) is 0 Å². The van der Waals surface area contributed by atoms with Crippen LogP contribution in [0.2, 0.25) is 0 Å². The van der Waals surface area contributed by atoms with E-state index in [1.807, 2.05) is 29.4 Å². The van der Waals surface area contributed by atoms with Crippen LogP contribution in [0.1, 0.15) is 18.5 Å². The summed E-state index contributed by atoms with van der Waals surface area (Å²) >= 11 is 0. The average Bonchev–Trinajstić information content (AvgIpc) is 2.47. The summed E-state index contributed by atoms with van der Waals surface area (Å²) in [6.45, 7) is 5.64. The molecule has 1 aliphatic rings. The van der Waals surface area contributed by atoms with Crippen LogP contribution in [0.3, 0.4) is 0 Å². The molecule has 1 saturated heterocycles. The fourth-order valence-corrected chi connectivity index (χ4v) is 2.34. The summed E-state index contributed by atoms with van der Waals surface area (Å²) in [6.07, 6.45) is 3.64. The lowest BCUT2D eigenvalue weighted by atomic mass is 10.1. The molecule has 1 aliphatic heterocycles. The molecule has 5 heteroatoms. The van der Waals surface area contributed by atoms with Gasteiger partial charge in [0.1, 0.15) is 0 Å². The number of aromatic nitrogens is 1. The molecule has 0 bridgehead atoms. The van der Waals surface area contributed by atoms with Gasteiger partial charge in [-0.05, 0) is 24.6 Å². The molecule has 2 rings (SSSR count). The maximum atomic E-state index is 11.5. The summed E-state index contributed by atoms with van der Waals surface area (Å²) in [5.41, 5.74) is 6.64. The second-order valence-corrected chi connectivity index (χ2v) is 4.58. The topological polar surface area (TPSA) is 62.5 Å². The zero-order valence-electron chi connectivity index (χ0n) is 10.7. The van der Waals surface area contributed by atoms with Gasteiger partial charge in [-0.15, -0.1) is 0 Å². The molecule has 0 radical (unpaired) electrons. The van der Waals surface area contributed by atoms with Crippen LogP contribution in [-0.2, 0) is 4.79 Å². The minimum Gasteiger partial charge on any atom is -0.339 e. The lowest BCUT2D eigenvalue weighted by molar-refractivity contribution is -0.131. The van der Waals surface area contributed by atoms with Gasteiger partial charge in [0.05, 0.1) is 6.54 Å². The smallest absolute Gasteiger partial charge is 0.236 e. The van der Waals surface area contributed by atoms with E-state index in [1.165, 1.54) is 5.56 Å². The van der Waals surface area contributed by atoms with E-state index in [1.54, 1.807) is 0 Å². The molecule has 1 amide bonds. The molecule has 1 aromatic rings. The number of pyridine rings is 1. The SMILES string of the molecule is CC(c1ccncc1)N1CCN(C(=O)CN)CC1. The molecule has 98 valence electrons. The molecule has 1 fully saturated rings. The molecule has 1 atom stereocenters. The molecule has 2 N–H and O–H groups in total. The van der Waals surface area contributed by atoms with Gasteiger partial charge in [-0.3, -0.25) is 14.7 Å². The number of amides is 1. The Balaban J connectivity index is 1.92. The average molecular weight is 248 g/mol. The summed E-state index contributed by atoms with van der Waals surface area (Å²) < 4.78 is 0. The highest BCUT2D eigenvalue weighted by atomic mass is 16.2. The highest BCUT2D eigenvalue weighted by molar-refractivity contribution is 5.78. The van der Waals surface area contributed by atoms with E-state index in [-0.39, 0.29) is 12.5 Å². The summed E-state index contributed by atoms with van der Waals surface area (Å²) in [6, 6.07) is 4.45. The Kier molecular flexibility index (Phi) is 4.28. The zero-order chi connectivity index (χ0) is 13.0. The number of rotatable bonds is 3. The first-order chi connectivity index (χ1) is 8.72. The Morgan fingerprint density at radius 2 is 1.94 bits per heavy atom. The van der Waals surface area contributed by atoms with Crippen LogP contribution in [0.25, 0.3) is 0 Å². The van der Waals surface area contributed by atoms with E-state index in [0.29, 0.717) is 6.04 Å². The number of carbonyl (C=O) groups is 1. The number of nitrogens with two attached hydrogens (primary N) is 1. The third-order valence-electron chi connectivity index (χ3n) is 3.58. The van der Waals surface area contributed by atoms with E-state index >= 15 is 0 Å². The van der Waals surface area contributed by atoms with Crippen molar-refractivity contribution in [2.75, 3.05) is 32.7 Å². The monoisotopic (exact) mass is 248 g/mol. The fraction of sp³-hybridized carbons (Fsp3) is 0.538. The largest absolute Gasteiger partial charge is 0.339 e. The number of hydrogen-bond donors (Lipinski definition) is 1. The third-order valence-corrected chi connectivity index (χ3v) is 3.58. The Morgan fingerprint density at radius 3 is 2.50 bits per heavy atom. The maximum Gasteiger partial charge on any atom is 0.236 e. The molecule has 0 aliphatic carbocycles. The van der Waals surface area contributed by atoms with Gasteiger partial charge >= 0.3 is 0 Å². The summed E-state index contributed by atoms with van der Waals surface area (Å²) in [7, 11) is 0. The Bertz CT molecular complexity index is 387. The van der Waals surface area contributed by atoms with Crippen molar-refractivity contribution in [3.8, 4) is 0 Å². The van der Waals surface area contributed by atoms with Crippen LogP contribution >= 0.6 is 0 Å². The van der Waals surface area contributed by atoms with Crippen molar-refractivity contribution in [1.29, 1.82) is 0 Å². The van der Waals surface area contributed by atoms with Gasteiger partial charge in [0.2, 0.25) is 5.91 Å². The first-order valence-corrected chi connectivity index (χ1v) is 6.34. The number of hydrogen-bond acceptors (Lipinski definition) is 4. The molecule has 1 unspecified atom stereocenters. The highest BCUT2D eigenvalue weighted by Gasteiger charge is 2.23. The van der Waals surface area contributed by atoms with Gasteiger partial charge in [0.25, 0.3) is 0 Å². The van der Waals surface area contributed by atoms with E-state index in [9.17, 15) is 4.79 Å². The molecule has 0 aromatic carbocycles. The summed E-state index contributed by atoms with van der Waals surface area (Å²) in [5.74, 6) is 0.0474. The van der Waals surface area contributed by atoms with E-state index in [4.69, 9.17) is 5.73 Å². The Hall–Kier alpha value is -1.46. The van der Waals surface area contributed by atoms with Crippen molar-refractivity contribution in [1.82, 2.24) is 14.8 Å².